The maximum atomic E-state index is 12.6. The number of carbonyl (C=O) groups excluding carboxylic acids is 1. The first-order chi connectivity index (χ1) is 15.1. The van der Waals surface area contributed by atoms with E-state index in [9.17, 15) is 14.9 Å². The van der Waals surface area contributed by atoms with Crippen LogP contribution in [-0.4, -0.2) is 27.7 Å². The summed E-state index contributed by atoms with van der Waals surface area (Å²) in [6, 6.07) is 12.9. The van der Waals surface area contributed by atoms with Crippen LogP contribution in [0.4, 0.5) is 5.69 Å². The Balaban J connectivity index is 1.48. The molecule has 0 N–H and O–H groups in total. The Morgan fingerprint density at radius 2 is 1.84 bits per heavy atom. The van der Waals surface area contributed by atoms with E-state index < -0.39 is 10.9 Å². The molecular formula is C21H17N3O7. The van der Waals surface area contributed by atoms with Crippen LogP contribution in [0.5, 0.6) is 0 Å². The molecule has 10 nitrogen and oxygen atoms in total. The number of benzene rings is 2. The molecular weight excluding hydrogens is 406 g/mol. The van der Waals surface area contributed by atoms with Crippen LogP contribution in [0.25, 0.3) is 22.4 Å². The lowest BCUT2D eigenvalue weighted by atomic mass is 10.1. The molecule has 0 radical (unpaired) electrons. The summed E-state index contributed by atoms with van der Waals surface area (Å²) < 4.78 is 21.9. The Bertz CT molecular complexity index is 1230. The first kappa shape index (κ1) is 20.2. The predicted molar refractivity (Wildman–Crippen MR) is 107 cm³/mol. The van der Waals surface area contributed by atoms with Crippen LogP contribution in [0.1, 0.15) is 28.9 Å². The second kappa shape index (κ2) is 8.76. The highest BCUT2D eigenvalue weighted by molar-refractivity contribution is 5.96. The number of para-hydroxylation sites is 1. The first-order valence-corrected chi connectivity index (χ1v) is 9.39. The van der Waals surface area contributed by atoms with Crippen LogP contribution in [0.2, 0.25) is 0 Å². The molecule has 2 aromatic carbocycles. The topological polar surface area (TPSA) is 131 Å². The fourth-order valence-corrected chi connectivity index (χ4v) is 2.96. The van der Waals surface area contributed by atoms with Crippen molar-refractivity contribution in [2.45, 2.75) is 20.1 Å². The Kier molecular flexibility index (Phi) is 5.72. The van der Waals surface area contributed by atoms with E-state index in [4.69, 9.17) is 18.3 Å². The summed E-state index contributed by atoms with van der Waals surface area (Å²) in [5.74, 6) is -0.392. The lowest BCUT2D eigenvalue weighted by Gasteiger charge is -2.03. The van der Waals surface area contributed by atoms with Crippen molar-refractivity contribution in [3.8, 4) is 11.5 Å². The number of esters is 1. The third-order valence-electron chi connectivity index (χ3n) is 4.45. The number of rotatable bonds is 8. The van der Waals surface area contributed by atoms with E-state index >= 15 is 0 Å². The average molecular weight is 423 g/mol. The number of ether oxygens (including phenoxy) is 2. The minimum absolute atomic E-state index is 0.0499. The molecule has 4 aromatic rings. The largest absolute Gasteiger partial charge is 0.450 e. The van der Waals surface area contributed by atoms with Gasteiger partial charge >= 0.3 is 5.97 Å². The summed E-state index contributed by atoms with van der Waals surface area (Å²) in [5.41, 5.74) is 1.63. The van der Waals surface area contributed by atoms with E-state index in [1.807, 2.05) is 25.1 Å². The second-order valence-electron chi connectivity index (χ2n) is 6.42. The maximum Gasteiger partial charge on any atom is 0.375 e. The number of nitro benzene ring substituents is 1. The second-order valence-corrected chi connectivity index (χ2v) is 6.42. The van der Waals surface area contributed by atoms with Gasteiger partial charge in [-0.2, -0.15) is 0 Å². The standard InChI is InChI=1S/C21H17N3O7/c1-2-28-11-16-15-5-3-4-6-17(15)30-19(16)21(25)29-12-18-22-23-20(31-18)13-7-9-14(10-8-13)24(26)27/h3-10H,2,11-12H2,1H3. The minimum atomic E-state index is -0.680. The van der Waals surface area contributed by atoms with Gasteiger partial charge in [0.1, 0.15) is 5.58 Å². The number of hydrogen-bond acceptors (Lipinski definition) is 9. The summed E-state index contributed by atoms with van der Waals surface area (Å²) in [5, 5.41) is 19.3. The van der Waals surface area contributed by atoms with E-state index in [0.29, 0.717) is 23.3 Å². The Labute approximate surface area is 175 Å². The molecule has 0 unspecified atom stereocenters. The van der Waals surface area contributed by atoms with Crippen LogP contribution < -0.4 is 0 Å². The molecule has 0 aliphatic carbocycles. The third kappa shape index (κ3) is 4.28. The van der Waals surface area contributed by atoms with Crippen molar-refractivity contribution in [3.05, 3.63) is 75.9 Å². The van der Waals surface area contributed by atoms with Crippen LogP contribution in [0.3, 0.4) is 0 Å². The Hall–Kier alpha value is -4.05. The fourth-order valence-electron chi connectivity index (χ4n) is 2.96. The fraction of sp³-hybridized carbons (Fsp3) is 0.190. The van der Waals surface area contributed by atoms with Gasteiger partial charge in [-0.1, -0.05) is 18.2 Å². The molecule has 0 atom stereocenters. The summed E-state index contributed by atoms with van der Waals surface area (Å²) >= 11 is 0. The number of hydrogen-bond donors (Lipinski definition) is 0. The molecule has 31 heavy (non-hydrogen) atoms. The van der Waals surface area contributed by atoms with Crippen molar-refractivity contribution in [2.24, 2.45) is 0 Å². The van der Waals surface area contributed by atoms with E-state index in [-0.39, 0.29) is 36.4 Å². The summed E-state index contributed by atoms with van der Waals surface area (Å²) in [6.07, 6.45) is 0. The zero-order valence-electron chi connectivity index (χ0n) is 16.4. The van der Waals surface area contributed by atoms with E-state index in [1.54, 1.807) is 6.07 Å². The molecule has 0 fully saturated rings. The molecule has 2 aromatic heterocycles. The highest BCUT2D eigenvalue weighted by atomic mass is 16.6. The van der Waals surface area contributed by atoms with Gasteiger partial charge in [0.2, 0.25) is 11.7 Å². The summed E-state index contributed by atoms with van der Waals surface area (Å²) in [7, 11) is 0. The molecule has 158 valence electrons. The molecule has 0 saturated heterocycles. The van der Waals surface area contributed by atoms with E-state index in [1.165, 1.54) is 24.3 Å². The van der Waals surface area contributed by atoms with Crippen LogP contribution >= 0.6 is 0 Å². The van der Waals surface area contributed by atoms with Gasteiger partial charge in [-0.15, -0.1) is 10.2 Å². The number of nitrogens with zero attached hydrogens (tertiary/aromatic N) is 3. The van der Waals surface area contributed by atoms with Gasteiger partial charge in [0, 0.05) is 35.3 Å². The molecule has 0 saturated carbocycles. The number of furan rings is 1. The number of fused-ring (bicyclic) bond motifs is 1. The quantitative estimate of drug-likeness (QED) is 0.231. The first-order valence-electron chi connectivity index (χ1n) is 9.39. The Morgan fingerprint density at radius 1 is 1.06 bits per heavy atom. The van der Waals surface area contributed by atoms with Gasteiger partial charge in [-0.05, 0) is 25.1 Å². The van der Waals surface area contributed by atoms with Crippen molar-refractivity contribution >= 4 is 22.6 Å². The van der Waals surface area contributed by atoms with E-state index in [0.717, 1.165) is 5.39 Å². The number of aromatic nitrogens is 2. The van der Waals surface area contributed by atoms with Gasteiger partial charge < -0.3 is 18.3 Å². The van der Waals surface area contributed by atoms with Gasteiger partial charge in [-0.3, -0.25) is 10.1 Å². The highest BCUT2D eigenvalue weighted by Crippen LogP contribution is 2.28. The summed E-state index contributed by atoms with van der Waals surface area (Å²) in [6.45, 7) is 2.30. The molecule has 10 heteroatoms. The smallest absolute Gasteiger partial charge is 0.375 e. The van der Waals surface area contributed by atoms with Crippen molar-refractivity contribution in [3.63, 3.8) is 0 Å². The van der Waals surface area contributed by atoms with Crippen molar-refractivity contribution in [1.29, 1.82) is 0 Å². The maximum absolute atomic E-state index is 12.6. The van der Waals surface area contributed by atoms with Crippen LogP contribution in [0.15, 0.2) is 57.4 Å². The molecule has 0 aliphatic rings. The number of nitro groups is 1. The van der Waals surface area contributed by atoms with Crippen LogP contribution in [-0.2, 0) is 22.7 Å². The zero-order valence-corrected chi connectivity index (χ0v) is 16.4. The zero-order chi connectivity index (χ0) is 21.8. The predicted octanol–water partition coefficient (Wildman–Crippen LogP) is 4.28. The Morgan fingerprint density at radius 3 is 2.58 bits per heavy atom. The molecule has 0 bridgehead atoms. The molecule has 0 aliphatic heterocycles. The van der Waals surface area contributed by atoms with Crippen molar-refractivity contribution in [2.75, 3.05) is 6.61 Å². The number of carbonyl (C=O) groups is 1. The lowest BCUT2D eigenvalue weighted by molar-refractivity contribution is -0.384. The summed E-state index contributed by atoms with van der Waals surface area (Å²) in [4.78, 5) is 22.9. The van der Waals surface area contributed by atoms with Gasteiger partial charge in [0.15, 0.2) is 6.61 Å². The minimum Gasteiger partial charge on any atom is -0.450 e. The average Bonchev–Trinajstić information content (AvgIpc) is 3.41. The van der Waals surface area contributed by atoms with Gasteiger partial charge in [-0.25, -0.2) is 4.79 Å². The molecule has 2 heterocycles. The van der Waals surface area contributed by atoms with Crippen LogP contribution in [0, 0.1) is 10.1 Å². The lowest BCUT2D eigenvalue weighted by Crippen LogP contribution is -2.08. The normalized spacial score (nSPS) is 11.0. The SMILES string of the molecule is CCOCc1c(C(=O)OCc2nnc(-c3ccc([N+](=O)[O-])cc3)o2)oc2ccccc12. The van der Waals surface area contributed by atoms with Gasteiger partial charge in [0.05, 0.1) is 11.5 Å². The molecule has 0 spiro atoms. The monoisotopic (exact) mass is 423 g/mol. The third-order valence-corrected chi connectivity index (χ3v) is 4.45. The van der Waals surface area contributed by atoms with E-state index in [2.05, 4.69) is 10.2 Å². The van der Waals surface area contributed by atoms with Crippen molar-refractivity contribution in [1.82, 2.24) is 10.2 Å². The molecule has 4 rings (SSSR count). The molecule has 0 amide bonds. The van der Waals surface area contributed by atoms with Gasteiger partial charge in [0.25, 0.3) is 11.6 Å². The highest BCUT2D eigenvalue weighted by Gasteiger charge is 2.23. The van der Waals surface area contributed by atoms with Crippen molar-refractivity contribution < 1.29 is 28.0 Å². The number of non-ortho nitro benzene ring substituents is 1.